The lowest BCUT2D eigenvalue weighted by Gasteiger charge is -2.04. The molecule has 0 bridgehead atoms. The minimum atomic E-state index is -3.24. The molecule has 1 rings (SSSR count). The van der Waals surface area contributed by atoms with Crippen molar-refractivity contribution in [1.82, 2.24) is 19.9 Å². The first kappa shape index (κ1) is 13.1. The minimum Gasteiger partial charge on any atom is -0.396 e. The number of aromatic nitrogens is 3. The molecule has 3 N–H and O–H groups in total. The SMILES string of the molecule is O=S(=O)(CCCO)NCCCc1ncn[nH]1. The summed E-state index contributed by atoms with van der Waals surface area (Å²) in [7, 11) is -3.24. The maximum Gasteiger partial charge on any atom is 0.211 e. The van der Waals surface area contributed by atoms with Crippen LogP contribution in [-0.4, -0.2) is 47.6 Å². The molecule has 7 nitrogen and oxygen atoms in total. The van der Waals surface area contributed by atoms with Crippen molar-refractivity contribution in [2.75, 3.05) is 18.9 Å². The van der Waals surface area contributed by atoms with E-state index in [1.54, 1.807) is 0 Å². The highest BCUT2D eigenvalue weighted by atomic mass is 32.2. The van der Waals surface area contributed by atoms with Gasteiger partial charge in [-0.1, -0.05) is 0 Å². The van der Waals surface area contributed by atoms with Crippen molar-refractivity contribution in [3.63, 3.8) is 0 Å². The number of aliphatic hydroxyl groups excluding tert-OH is 1. The summed E-state index contributed by atoms with van der Waals surface area (Å²) in [6.07, 6.45) is 2.99. The molecule has 0 radical (unpaired) electrons. The Kier molecular flexibility index (Phi) is 5.36. The number of rotatable bonds is 8. The normalized spacial score (nSPS) is 11.8. The van der Waals surface area contributed by atoms with Gasteiger partial charge >= 0.3 is 0 Å². The van der Waals surface area contributed by atoms with E-state index in [1.807, 2.05) is 0 Å². The van der Waals surface area contributed by atoms with Crippen LogP contribution in [-0.2, 0) is 16.4 Å². The molecule has 0 spiro atoms. The topological polar surface area (TPSA) is 108 Å². The van der Waals surface area contributed by atoms with E-state index in [4.69, 9.17) is 5.11 Å². The van der Waals surface area contributed by atoms with Gasteiger partial charge in [-0.2, -0.15) is 5.10 Å². The van der Waals surface area contributed by atoms with Crippen molar-refractivity contribution in [3.8, 4) is 0 Å². The lowest BCUT2D eigenvalue weighted by molar-refractivity contribution is 0.295. The summed E-state index contributed by atoms with van der Waals surface area (Å²) < 4.78 is 25.0. The highest BCUT2D eigenvalue weighted by Gasteiger charge is 2.08. The van der Waals surface area contributed by atoms with Crippen LogP contribution in [0.4, 0.5) is 0 Å². The standard InChI is InChI=1S/C8H16N4O3S/c13-5-2-6-16(14,15)11-4-1-3-8-9-7-10-12-8/h7,11,13H,1-6H2,(H,9,10,12). The summed E-state index contributed by atoms with van der Waals surface area (Å²) in [5, 5.41) is 14.9. The number of hydrogen-bond acceptors (Lipinski definition) is 5. The second-order valence-electron chi connectivity index (χ2n) is 3.33. The first-order valence-corrected chi connectivity index (χ1v) is 6.72. The van der Waals surface area contributed by atoms with Gasteiger partial charge in [0.25, 0.3) is 0 Å². The van der Waals surface area contributed by atoms with E-state index in [0.717, 1.165) is 5.82 Å². The van der Waals surface area contributed by atoms with Gasteiger partial charge in [-0.25, -0.2) is 18.1 Å². The number of sulfonamides is 1. The van der Waals surface area contributed by atoms with Gasteiger partial charge in [0.15, 0.2) is 0 Å². The van der Waals surface area contributed by atoms with Crippen LogP contribution in [0.15, 0.2) is 6.33 Å². The summed E-state index contributed by atoms with van der Waals surface area (Å²) in [5.41, 5.74) is 0. The van der Waals surface area contributed by atoms with Crippen molar-refractivity contribution < 1.29 is 13.5 Å². The number of aromatic amines is 1. The Morgan fingerprint density at radius 2 is 2.25 bits per heavy atom. The molecule has 8 heteroatoms. The lowest BCUT2D eigenvalue weighted by atomic mass is 10.3. The van der Waals surface area contributed by atoms with Gasteiger partial charge < -0.3 is 5.11 Å². The summed E-state index contributed by atoms with van der Waals surface area (Å²) in [6.45, 7) is 0.257. The van der Waals surface area contributed by atoms with Crippen LogP contribution >= 0.6 is 0 Å². The van der Waals surface area contributed by atoms with Gasteiger partial charge in [-0.3, -0.25) is 5.10 Å². The molecule has 0 unspecified atom stereocenters. The van der Waals surface area contributed by atoms with Crippen LogP contribution in [0.25, 0.3) is 0 Å². The molecule has 0 aromatic carbocycles. The van der Waals surface area contributed by atoms with Crippen LogP contribution in [0.2, 0.25) is 0 Å². The number of nitrogens with one attached hydrogen (secondary N) is 2. The largest absolute Gasteiger partial charge is 0.396 e. The van der Waals surface area contributed by atoms with E-state index < -0.39 is 10.0 Å². The Balaban J connectivity index is 2.15. The molecule has 0 aliphatic rings. The molecule has 0 aliphatic heterocycles. The van der Waals surface area contributed by atoms with Gasteiger partial charge in [0.1, 0.15) is 12.2 Å². The Morgan fingerprint density at radius 3 is 2.88 bits per heavy atom. The molecule has 0 saturated heterocycles. The minimum absolute atomic E-state index is 0.0359. The predicted octanol–water partition coefficient (Wildman–Crippen LogP) is -0.961. The number of aliphatic hydroxyl groups is 1. The van der Waals surface area contributed by atoms with Crippen molar-refractivity contribution in [2.24, 2.45) is 0 Å². The van der Waals surface area contributed by atoms with Crippen molar-refractivity contribution in [2.45, 2.75) is 19.3 Å². The average Bonchev–Trinajstić information content (AvgIpc) is 2.75. The fraction of sp³-hybridized carbons (Fsp3) is 0.750. The van der Waals surface area contributed by atoms with Crippen molar-refractivity contribution in [3.05, 3.63) is 12.2 Å². The highest BCUT2D eigenvalue weighted by molar-refractivity contribution is 7.89. The molecule has 92 valence electrons. The van der Waals surface area contributed by atoms with E-state index >= 15 is 0 Å². The monoisotopic (exact) mass is 248 g/mol. The van der Waals surface area contributed by atoms with Crippen LogP contribution in [0.5, 0.6) is 0 Å². The quantitative estimate of drug-likeness (QED) is 0.513. The molecule has 0 fully saturated rings. The molecule has 0 atom stereocenters. The fourth-order valence-corrected chi connectivity index (χ4v) is 2.27. The van der Waals surface area contributed by atoms with Gasteiger partial charge in [0, 0.05) is 19.6 Å². The molecule has 0 aliphatic carbocycles. The summed E-state index contributed by atoms with van der Waals surface area (Å²) in [6, 6.07) is 0. The summed E-state index contributed by atoms with van der Waals surface area (Å²) in [5.74, 6) is 0.709. The number of aryl methyl sites for hydroxylation is 1. The predicted molar refractivity (Wildman–Crippen MR) is 58.2 cm³/mol. The zero-order chi connectivity index (χ0) is 11.9. The number of nitrogens with zero attached hydrogens (tertiary/aromatic N) is 2. The summed E-state index contributed by atoms with van der Waals surface area (Å²) in [4.78, 5) is 3.92. The maximum atomic E-state index is 11.3. The molecular formula is C8H16N4O3S. The second kappa shape index (κ2) is 6.56. The Labute approximate surface area is 94.3 Å². The first-order valence-electron chi connectivity index (χ1n) is 5.06. The van der Waals surface area contributed by atoms with Crippen LogP contribution < -0.4 is 4.72 Å². The van der Waals surface area contributed by atoms with E-state index in [0.29, 0.717) is 19.4 Å². The molecule has 1 heterocycles. The third kappa shape index (κ3) is 5.19. The maximum absolute atomic E-state index is 11.3. The van der Waals surface area contributed by atoms with Crippen molar-refractivity contribution in [1.29, 1.82) is 0 Å². The van der Waals surface area contributed by atoms with Crippen LogP contribution in [0.3, 0.4) is 0 Å². The van der Waals surface area contributed by atoms with Crippen LogP contribution in [0.1, 0.15) is 18.7 Å². The van der Waals surface area contributed by atoms with E-state index in [-0.39, 0.29) is 18.8 Å². The zero-order valence-electron chi connectivity index (χ0n) is 8.89. The molecule has 1 aromatic rings. The Morgan fingerprint density at radius 1 is 1.44 bits per heavy atom. The van der Waals surface area contributed by atoms with Gasteiger partial charge in [0.05, 0.1) is 5.75 Å². The lowest BCUT2D eigenvalue weighted by Crippen LogP contribution is -2.28. The third-order valence-corrected chi connectivity index (χ3v) is 3.42. The molecule has 16 heavy (non-hydrogen) atoms. The number of H-pyrrole nitrogens is 1. The van der Waals surface area contributed by atoms with E-state index in [9.17, 15) is 8.42 Å². The van der Waals surface area contributed by atoms with Gasteiger partial charge in [-0.05, 0) is 12.8 Å². The molecule has 0 amide bonds. The zero-order valence-corrected chi connectivity index (χ0v) is 9.70. The van der Waals surface area contributed by atoms with E-state index in [2.05, 4.69) is 19.9 Å². The highest BCUT2D eigenvalue weighted by Crippen LogP contribution is 1.94. The first-order chi connectivity index (χ1) is 7.64. The van der Waals surface area contributed by atoms with Crippen molar-refractivity contribution >= 4 is 10.0 Å². The number of hydrogen-bond donors (Lipinski definition) is 3. The second-order valence-corrected chi connectivity index (χ2v) is 5.25. The Hall–Kier alpha value is -0.990. The average molecular weight is 248 g/mol. The molecule has 0 saturated carbocycles. The van der Waals surface area contributed by atoms with Gasteiger partial charge in [0.2, 0.25) is 10.0 Å². The molecular weight excluding hydrogens is 232 g/mol. The van der Waals surface area contributed by atoms with Crippen LogP contribution in [0, 0.1) is 0 Å². The summed E-state index contributed by atoms with van der Waals surface area (Å²) >= 11 is 0. The van der Waals surface area contributed by atoms with E-state index in [1.165, 1.54) is 6.33 Å². The fourth-order valence-electron chi connectivity index (χ4n) is 1.16. The van der Waals surface area contributed by atoms with Gasteiger partial charge in [-0.15, -0.1) is 0 Å². The third-order valence-electron chi connectivity index (χ3n) is 1.95. The Bertz CT molecular complexity index is 376. The molecule has 1 aromatic heterocycles. The smallest absolute Gasteiger partial charge is 0.211 e.